The van der Waals surface area contributed by atoms with Crippen LogP contribution in [0.15, 0.2) is 30.3 Å². The lowest BCUT2D eigenvalue weighted by molar-refractivity contribution is -0.103. The second kappa shape index (κ2) is 6.34. The zero-order valence-corrected chi connectivity index (χ0v) is 15.0. The summed E-state index contributed by atoms with van der Waals surface area (Å²) < 4.78 is 6.17. The summed E-state index contributed by atoms with van der Waals surface area (Å²) in [5.74, 6) is 3.15. The minimum Gasteiger partial charge on any atom is -0.446 e. The molecule has 5 fully saturated rings. The number of benzene rings is 1. The second-order valence-electron chi connectivity index (χ2n) is 8.96. The molecular formula is C22H29NO2. The summed E-state index contributed by atoms with van der Waals surface area (Å²) in [6.07, 6.45) is 10.00. The molecular weight excluding hydrogens is 310 g/mol. The predicted octanol–water partition coefficient (Wildman–Crippen LogP) is 4.65. The molecule has 4 saturated carbocycles. The lowest BCUT2D eigenvalue weighted by Gasteiger charge is -2.53. The minimum atomic E-state index is -0.0316. The molecule has 1 heterocycles. The average Bonchev–Trinajstić information content (AvgIpc) is 3.06. The number of carbonyl (C=O) groups excluding carboxylic acids is 1. The fourth-order valence-electron chi connectivity index (χ4n) is 6.43. The summed E-state index contributed by atoms with van der Waals surface area (Å²) in [6, 6.07) is 10.9. The molecule has 1 atom stereocenters. The van der Waals surface area contributed by atoms with Gasteiger partial charge in [-0.05, 0) is 80.6 Å². The van der Waals surface area contributed by atoms with Crippen molar-refractivity contribution in [2.75, 3.05) is 6.54 Å². The smallest absolute Gasteiger partial charge is 0.410 e. The van der Waals surface area contributed by atoms with Crippen molar-refractivity contribution in [3.05, 3.63) is 35.9 Å². The van der Waals surface area contributed by atoms with Crippen LogP contribution in [0.5, 0.6) is 0 Å². The lowest BCUT2D eigenvalue weighted by atomic mass is 9.55. The van der Waals surface area contributed by atoms with Crippen molar-refractivity contribution in [3.8, 4) is 0 Å². The summed E-state index contributed by atoms with van der Waals surface area (Å²) in [5, 5.41) is 0. The van der Waals surface area contributed by atoms with Crippen LogP contribution in [0.3, 0.4) is 0 Å². The number of amides is 1. The molecule has 1 amide bonds. The van der Waals surface area contributed by atoms with E-state index < -0.39 is 0 Å². The lowest BCUT2D eigenvalue weighted by Crippen LogP contribution is -2.51. The Bertz CT molecular complexity index is 600. The maximum atomic E-state index is 12.9. The van der Waals surface area contributed by atoms with Crippen molar-refractivity contribution < 1.29 is 9.53 Å². The van der Waals surface area contributed by atoms with Gasteiger partial charge in [0.2, 0.25) is 0 Å². The Morgan fingerprint density at radius 1 is 1.00 bits per heavy atom. The van der Waals surface area contributed by atoms with Crippen LogP contribution < -0.4 is 0 Å². The van der Waals surface area contributed by atoms with Crippen molar-refractivity contribution in [1.82, 2.24) is 4.90 Å². The zero-order valence-electron chi connectivity index (χ0n) is 15.0. The Labute approximate surface area is 150 Å². The summed E-state index contributed by atoms with van der Waals surface area (Å²) in [4.78, 5) is 15.0. The molecule has 1 aliphatic heterocycles. The fraction of sp³-hybridized carbons (Fsp3) is 0.682. The van der Waals surface area contributed by atoms with Gasteiger partial charge in [0.05, 0.1) is 0 Å². The first kappa shape index (κ1) is 15.7. The predicted molar refractivity (Wildman–Crippen MR) is 97.2 cm³/mol. The third-order valence-electron chi connectivity index (χ3n) is 7.30. The van der Waals surface area contributed by atoms with Crippen molar-refractivity contribution in [1.29, 1.82) is 0 Å². The van der Waals surface area contributed by atoms with E-state index in [1.54, 1.807) is 0 Å². The van der Waals surface area contributed by atoms with E-state index in [0.717, 1.165) is 37.6 Å². The van der Waals surface area contributed by atoms with E-state index in [-0.39, 0.29) is 12.2 Å². The van der Waals surface area contributed by atoms with Crippen molar-refractivity contribution >= 4 is 6.09 Å². The normalized spacial score (nSPS) is 39.0. The highest BCUT2D eigenvalue weighted by molar-refractivity contribution is 5.68. The van der Waals surface area contributed by atoms with Crippen LogP contribution in [0.4, 0.5) is 4.79 Å². The van der Waals surface area contributed by atoms with Crippen molar-refractivity contribution in [2.24, 2.45) is 23.7 Å². The molecule has 1 saturated heterocycles. The third kappa shape index (κ3) is 2.96. The SMILES string of the molecule is O=C(OC1C2CC3CC(C2)CC1C3)N1CCCC1Cc1ccccc1. The molecule has 4 aliphatic carbocycles. The Hall–Kier alpha value is -1.51. The Balaban J connectivity index is 1.24. The van der Waals surface area contributed by atoms with E-state index in [0.29, 0.717) is 17.9 Å². The van der Waals surface area contributed by atoms with Crippen LogP contribution in [0.25, 0.3) is 0 Å². The number of rotatable bonds is 3. The number of nitrogens with zero attached hydrogens (tertiary/aromatic N) is 1. The van der Waals surface area contributed by atoms with E-state index in [1.807, 2.05) is 4.90 Å². The monoisotopic (exact) mass is 339 g/mol. The third-order valence-corrected chi connectivity index (χ3v) is 7.30. The summed E-state index contributed by atoms with van der Waals surface area (Å²) in [6.45, 7) is 0.865. The number of carbonyl (C=O) groups is 1. The molecule has 6 rings (SSSR count). The van der Waals surface area contributed by atoms with Gasteiger partial charge in [0.1, 0.15) is 6.10 Å². The van der Waals surface area contributed by atoms with Gasteiger partial charge in [-0.25, -0.2) is 4.79 Å². The Morgan fingerprint density at radius 2 is 1.68 bits per heavy atom. The molecule has 25 heavy (non-hydrogen) atoms. The molecule has 5 aliphatic rings. The number of likely N-dealkylation sites (tertiary alicyclic amines) is 1. The van der Waals surface area contributed by atoms with E-state index >= 15 is 0 Å². The first-order chi connectivity index (χ1) is 12.3. The van der Waals surface area contributed by atoms with Gasteiger partial charge in [-0.3, -0.25) is 0 Å². The molecule has 0 aromatic heterocycles. The van der Waals surface area contributed by atoms with Crippen molar-refractivity contribution in [3.63, 3.8) is 0 Å². The van der Waals surface area contributed by atoms with Crippen LogP contribution in [0.1, 0.15) is 50.5 Å². The second-order valence-corrected chi connectivity index (χ2v) is 8.96. The minimum absolute atomic E-state index is 0.0316. The molecule has 3 nitrogen and oxygen atoms in total. The van der Waals surface area contributed by atoms with E-state index in [4.69, 9.17) is 4.74 Å². The van der Waals surface area contributed by atoms with Crippen LogP contribution in [0, 0.1) is 23.7 Å². The Kier molecular flexibility index (Phi) is 3.98. The first-order valence-electron chi connectivity index (χ1n) is 10.3. The van der Waals surface area contributed by atoms with Crippen LogP contribution in [0.2, 0.25) is 0 Å². The first-order valence-corrected chi connectivity index (χ1v) is 10.3. The highest BCUT2D eigenvalue weighted by Gasteiger charge is 2.50. The molecule has 4 bridgehead atoms. The summed E-state index contributed by atoms with van der Waals surface area (Å²) >= 11 is 0. The van der Waals surface area contributed by atoms with Gasteiger partial charge in [0.15, 0.2) is 0 Å². The molecule has 134 valence electrons. The summed E-state index contributed by atoms with van der Waals surface area (Å²) in [5.41, 5.74) is 1.32. The zero-order chi connectivity index (χ0) is 16.8. The van der Waals surface area contributed by atoms with Gasteiger partial charge < -0.3 is 9.64 Å². The van der Waals surface area contributed by atoms with E-state index in [9.17, 15) is 4.79 Å². The highest BCUT2D eigenvalue weighted by Crippen LogP contribution is 2.54. The summed E-state index contributed by atoms with van der Waals surface area (Å²) in [7, 11) is 0. The van der Waals surface area contributed by atoms with Gasteiger partial charge in [0.25, 0.3) is 0 Å². The molecule has 1 unspecified atom stereocenters. The molecule has 3 heteroatoms. The number of hydrogen-bond donors (Lipinski definition) is 0. The number of ether oxygens (including phenoxy) is 1. The maximum absolute atomic E-state index is 12.9. The van der Waals surface area contributed by atoms with Gasteiger partial charge in [-0.2, -0.15) is 0 Å². The van der Waals surface area contributed by atoms with Gasteiger partial charge in [-0.15, -0.1) is 0 Å². The average molecular weight is 339 g/mol. The topological polar surface area (TPSA) is 29.5 Å². The highest BCUT2D eigenvalue weighted by atomic mass is 16.6. The largest absolute Gasteiger partial charge is 0.446 e. The molecule has 0 N–H and O–H groups in total. The Morgan fingerprint density at radius 3 is 2.36 bits per heavy atom. The molecule has 1 aromatic carbocycles. The van der Waals surface area contributed by atoms with Gasteiger partial charge in [0, 0.05) is 12.6 Å². The number of hydrogen-bond acceptors (Lipinski definition) is 2. The fourth-order valence-corrected chi connectivity index (χ4v) is 6.43. The van der Waals surface area contributed by atoms with Crippen molar-refractivity contribution in [2.45, 2.75) is 63.5 Å². The van der Waals surface area contributed by atoms with Crippen LogP contribution in [-0.2, 0) is 11.2 Å². The van der Waals surface area contributed by atoms with Gasteiger partial charge in [-0.1, -0.05) is 30.3 Å². The van der Waals surface area contributed by atoms with Gasteiger partial charge >= 0.3 is 6.09 Å². The van der Waals surface area contributed by atoms with E-state index in [1.165, 1.54) is 37.7 Å². The van der Waals surface area contributed by atoms with Crippen LogP contribution >= 0.6 is 0 Å². The quantitative estimate of drug-likeness (QED) is 0.802. The maximum Gasteiger partial charge on any atom is 0.410 e. The van der Waals surface area contributed by atoms with E-state index in [2.05, 4.69) is 30.3 Å². The van der Waals surface area contributed by atoms with Crippen LogP contribution in [-0.4, -0.2) is 29.7 Å². The molecule has 0 radical (unpaired) electrons. The molecule has 1 aromatic rings. The standard InChI is InChI=1S/C22H29NO2/c24-22(23-8-4-7-20(23)14-15-5-2-1-3-6-15)25-21-18-10-16-9-17(12-18)13-19(21)11-16/h1-3,5-6,16-21H,4,7-14H2. The molecule has 0 spiro atoms.